The first-order valence-corrected chi connectivity index (χ1v) is 8.59. The van der Waals surface area contributed by atoms with E-state index < -0.39 is 17.9 Å². The zero-order valence-corrected chi connectivity index (χ0v) is 15.8. The first-order valence-electron chi connectivity index (χ1n) is 8.21. The molecule has 1 rings (SSSR count). The van der Waals surface area contributed by atoms with E-state index in [1.807, 2.05) is 6.92 Å². The Morgan fingerprint density at radius 1 is 1.28 bits per heavy atom. The number of methoxy groups -OCH3 is 1. The monoisotopic (exact) mass is 371 g/mol. The summed E-state index contributed by atoms with van der Waals surface area (Å²) in [7, 11) is 1.47. The molecule has 0 aliphatic rings. The van der Waals surface area contributed by atoms with Gasteiger partial charge >= 0.3 is 5.97 Å². The number of hydrogen-bond donors (Lipinski definition) is 2. The van der Waals surface area contributed by atoms with Gasteiger partial charge in [-0.3, -0.25) is 4.79 Å². The fourth-order valence-electron chi connectivity index (χ4n) is 2.47. The molecule has 1 aromatic rings. The van der Waals surface area contributed by atoms with E-state index in [1.165, 1.54) is 13.2 Å². The number of rotatable bonds is 10. The SMILES string of the molecule is COc1ccc(C(NC(=O)CCOC(C)CC(C)C)C(=O)O)cc1Cl. The molecular weight excluding hydrogens is 346 g/mol. The summed E-state index contributed by atoms with van der Waals surface area (Å²) in [6.07, 6.45) is 1.06. The highest BCUT2D eigenvalue weighted by atomic mass is 35.5. The molecule has 2 N–H and O–H groups in total. The highest BCUT2D eigenvalue weighted by Gasteiger charge is 2.23. The van der Waals surface area contributed by atoms with Gasteiger partial charge < -0.3 is 19.9 Å². The minimum atomic E-state index is -1.18. The molecule has 0 aliphatic carbocycles. The van der Waals surface area contributed by atoms with Gasteiger partial charge in [0.2, 0.25) is 5.91 Å². The molecular formula is C18H26ClNO5. The number of carboxylic acids is 1. The molecule has 0 aromatic heterocycles. The van der Waals surface area contributed by atoms with E-state index in [4.69, 9.17) is 21.1 Å². The molecule has 140 valence electrons. The molecule has 25 heavy (non-hydrogen) atoms. The molecule has 0 saturated heterocycles. The normalized spacial score (nSPS) is 13.4. The second kappa shape index (κ2) is 10.3. The van der Waals surface area contributed by atoms with Gasteiger partial charge in [-0.05, 0) is 37.0 Å². The quantitative estimate of drug-likeness (QED) is 0.658. The highest BCUT2D eigenvalue weighted by Crippen LogP contribution is 2.27. The predicted molar refractivity (Wildman–Crippen MR) is 96.0 cm³/mol. The zero-order valence-electron chi connectivity index (χ0n) is 15.0. The lowest BCUT2D eigenvalue weighted by Gasteiger charge is -2.17. The maximum absolute atomic E-state index is 12.0. The van der Waals surface area contributed by atoms with Gasteiger partial charge in [-0.15, -0.1) is 0 Å². The lowest BCUT2D eigenvalue weighted by Crippen LogP contribution is -2.34. The number of aliphatic carboxylic acids is 1. The van der Waals surface area contributed by atoms with Crippen LogP contribution < -0.4 is 10.1 Å². The summed E-state index contributed by atoms with van der Waals surface area (Å²) in [6, 6.07) is 3.42. The van der Waals surface area contributed by atoms with E-state index in [2.05, 4.69) is 19.2 Å². The average molecular weight is 372 g/mol. The van der Waals surface area contributed by atoms with Crippen molar-refractivity contribution >= 4 is 23.5 Å². The van der Waals surface area contributed by atoms with Crippen LogP contribution in [-0.2, 0) is 14.3 Å². The van der Waals surface area contributed by atoms with Crippen LogP contribution in [0.3, 0.4) is 0 Å². The average Bonchev–Trinajstić information content (AvgIpc) is 2.51. The lowest BCUT2D eigenvalue weighted by atomic mass is 10.1. The van der Waals surface area contributed by atoms with Gasteiger partial charge in [-0.1, -0.05) is 31.5 Å². The summed E-state index contributed by atoms with van der Waals surface area (Å²) in [4.78, 5) is 23.5. The van der Waals surface area contributed by atoms with Crippen molar-refractivity contribution < 1.29 is 24.2 Å². The number of benzene rings is 1. The molecule has 0 saturated carbocycles. The first-order chi connectivity index (χ1) is 11.7. The number of carbonyl (C=O) groups is 2. The molecule has 7 heteroatoms. The maximum atomic E-state index is 12.0. The summed E-state index contributed by atoms with van der Waals surface area (Å²) in [5.74, 6) is -0.603. The Labute approximate surface area is 153 Å². The topological polar surface area (TPSA) is 84.9 Å². The van der Waals surface area contributed by atoms with Crippen molar-refractivity contribution in [1.29, 1.82) is 0 Å². The third-order valence-corrected chi connectivity index (χ3v) is 3.89. The Bertz CT molecular complexity index is 591. The molecule has 0 radical (unpaired) electrons. The maximum Gasteiger partial charge on any atom is 0.330 e. The number of hydrogen-bond acceptors (Lipinski definition) is 4. The van der Waals surface area contributed by atoms with Crippen molar-refractivity contribution in [1.82, 2.24) is 5.32 Å². The Morgan fingerprint density at radius 2 is 1.96 bits per heavy atom. The van der Waals surface area contributed by atoms with Crippen LogP contribution in [0.5, 0.6) is 5.75 Å². The molecule has 2 unspecified atom stereocenters. The van der Waals surface area contributed by atoms with Crippen molar-refractivity contribution in [3.8, 4) is 5.75 Å². The third kappa shape index (κ3) is 7.32. The minimum absolute atomic E-state index is 0.0588. The Hall–Kier alpha value is -1.79. The lowest BCUT2D eigenvalue weighted by molar-refractivity contribution is -0.142. The second-order valence-corrected chi connectivity index (χ2v) is 6.70. The smallest absolute Gasteiger partial charge is 0.330 e. The standard InChI is InChI=1S/C18H26ClNO5/c1-11(2)9-12(3)25-8-7-16(21)20-17(18(22)23)13-5-6-15(24-4)14(19)10-13/h5-6,10-12,17H,7-9H2,1-4H3,(H,20,21)(H,22,23). The number of carbonyl (C=O) groups excluding carboxylic acids is 1. The molecule has 0 bridgehead atoms. The summed E-state index contributed by atoms with van der Waals surface area (Å²) < 4.78 is 10.6. The molecule has 0 fully saturated rings. The Kier molecular flexibility index (Phi) is 8.72. The molecule has 1 amide bonds. The van der Waals surface area contributed by atoms with Crippen molar-refractivity contribution in [2.75, 3.05) is 13.7 Å². The number of halogens is 1. The summed E-state index contributed by atoms with van der Waals surface area (Å²) in [5.41, 5.74) is 0.376. The predicted octanol–water partition coefficient (Wildman–Crippen LogP) is 3.43. The van der Waals surface area contributed by atoms with Gasteiger partial charge in [0.1, 0.15) is 5.75 Å². The van der Waals surface area contributed by atoms with Gasteiger partial charge in [-0.2, -0.15) is 0 Å². The van der Waals surface area contributed by atoms with Crippen LogP contribution in [-0.4, -0.2) is 36.8 Å². The van der Waals surface area contributed by atoms with E-state index in [-0.39, 0.29) is 24.2 Å². The zero-order chi connectivity index (χ0) is 19.0. The molecule has 0 heterocycles. The van der Waals surface area contributed by atoms with Crippen LogP contribution in [0.2, 0.25) is 5.02 Å². The van der Waals surface area contributed by atoms with E-state index >= 15 is 0 Å². The summed E-state index contributed by atoms with van der Waals surface area (Å²) >= 11 is 6.02. The number of amides is 1. The van der Waals surface area contributed by atoms with Crippen LogP contribution in [0.1, 0.15) is 45.2 Å². The molecule has 6 nitrogen and oxygen atoms in total. The van der Waals surface area contributed by atoms with E-state index in [1.54, 1.807) is 12.1 Å². The highest BCUT2D eigenvalue weighted by molar-refractivity contribution is 6.32. The van der Waals surface area contributed by atoms with Gasteiger partial charge in [-0.25, -0.2) is 4.79 Å². The van der Waals surface area contributed by atoms with Crippen LogP contribution in [0.25, 0.3) is 0 Å². The van der Waals surface area contributed by atoms with Gasteiger partial charge in [0.15, 0.2) is 6.04 Å². The van der Waals surface area contributed by atoms with E-state index in [0.29, 0.717) is 17.2 Å². The molecule has 1 aromatic carbocycles. The minimum Gasteiger partial charge on any atom is -0.495 e. The van der Waals surface area contributed by atoms with E-state index in [0.717, 1.165) is 6.42 Å². The number of ether oxygens (including phenoxy) is 2. The van der Waals surface area contributed by atoms with Gasteiger partial charge in [0.25, 0.3) is 0 Å². The van der Waals surface area contributed by atoms with E-state index in [9.17, 15) is 14.7 Å². The van der Waals surface area contributed by atoms with Crippen molar-refractivity contribution in [2.24, 2.45) is 5.92 Å². The second-order valence-electron chi connectivity index (χ2n) is 6.29. The summed E-state index contributed by atoms with van der Waals surface area (Å²) in [5, 5.41) is 12.2. The molecule has 2 atom stereocenters. The van der Waals surface area contributed by atoms with Crippen LogP contribution in [0.4, 0.5) is 0 Å². The Morgan fingerprint density at radius 3 is 2.48 bits per heavy atom. The fourth-order valence-corrected chi connectivity index (χ4v) is 2.73. The summed E-state index contributed by atoms with van der Waals surface area (Å²) in [6.45, 7) is 6.40. The van der Waals surface area contributed by atoms with Gasteiger partial charge in [0.05, 0.1) is 31.3 Å². The van der Waals surface area contributed by atoms with Crippen LogP contribution in [0.15, 0.2) is 18.2 Å². The van der Waals surface area contributed by atoms with Crippen molar-refractivity contribution in [3.63, 3.8) is 0 Å². The molecule has 0 aliphatic heterocycles. The number of carboxylic acid groups (broad SMARTS) is 1. The van der Waals surface area contributed by atoms with Crippen LogP contribution >= 0.6 is 11.6 Å². The largest absolute Gasteiger partial charge is 0.495 e. The Balaban J connectivity index is 2.62. The van der Waals surface area contributed by atoms with Crippen LogP contribution in [0, 0.1) is 5.92 Å². The van der Waals surface area contributed by atoms with Gasteiger partial charge in [0, 0.05) is 0 Å². The number of nitrogens with one attached hydrogen (secondary N) is 1. The fraction of sp³-hybridized carbons (Fsp3) is 0.556. The van der Waals surface area contributed by atoms with Crippen molar-refractivity contribution in [3.05, 3.63) is 28.8 Å². The molecule has 0 spiro atoms. The first kappa shape index (κ1) is 21.3. The van der Waals surface area contributed by atoms with Crippen molar-refractivity contribution in [2.45, 2.75) is 45.8 Å². The third-order valence-electron chi connectivity index (χ3n) is 3.60.